The van der Waals surface area contributed by atoms with Gasteiger partial charge in [0, 0.05) is 6.42 Å². The van der Waals surface area contributed by atoms with Gasteiger partial charge in [-0.25, -0.2) is 0 Å². The molecule has 2 aliphatic carbocycles. The largest absolute Gasteiger partial charge is 0.481 e. The van der Waals surface area contributed by atoms with Crippen LogP contribution < -0.4 is 0 Å². The minimum absolute atomic E-state index is 0.0910. The third kappa shape index (κ3) is 5.22. The quantitative estimate of drug-likeness (QED) is 0.532. The summed E-state index contributed by atoms with van der Waals surface area (Å²) >= 11 is 0. The van der Waals surface area contributed by atoms with Crippen LogP contribution in [0.4, 0.5) is 0 Å². The summed E-state index contributed by atoms with van der Waals surface area (Å²) in [4.78, 5) is 10.7. The van der Waals surface area contributed by atoms with Crippen LogP contribution >= 0.6 is 0 Å². The molecule has 4 nitrogen and oxygen atoms in total. The second-order valence-electron chi connectivity index (χ2n) is 7.69. The smallest absolute Gasteiger partial charge is 0.303 e. The van der Waals surface area contributed by atoms with E-state index in [9.17, 15) is 15.0 Å². The van der Waals surface area contributed by atoms with E-state index in [0.29, 0.717) is 24.7 Å². The second-order valence-corrected chi connectivity index (χ2v) is 7.69. The van der Waals surface area contributed by atoms with E-state index in [1.807, 2.05) is 30.3 Å². The van der Waals surface area contributed by atoms with Gasteiger partial charge >= 0.3 is 5.97 Å². The molecule has 144 valence electrons. The van der Waals surface area contributed by atoms with Crippen LogP contribution in [0.25, 0.3) is 0 Å². The normalized spacial score (nSPS) is 29.2. The van der Waals surface area contributed by atoms with Crippen LogP contribution in [0.1, 0.15) is 44.1 Å². The van der Waals surface area contributed by atoms with Gasteiger partial charge in [0.15, 0.2) is 0 Å². The number of allylic oxidation sites excluding steroid dienone is 2. The number of carboxylic acids is 1. The number of fused-ring (bicyclic) bond motifs is 1. The summed E-state index contributed by atoms with van der Waals surface area (Å²) in [6, 6.07) is 10.0. The van der Waals surface area contributed by atoms with Gasteiger partial charge in [-0.3, -0.25) is 4.79 Å². The number of benzene rings is 1. The van der Waals surface area contributed by atoms with Crippen molar-refractivity contribution in [2.45, 2.75) is 57.2 Å². The van der Waals surface area contributed by atoms with Gasteiger partial charge in [0.2, 0.25) is 0 Å². The number of hydrogen-bond donors (Lipinski definition) is 3. The molecule has 5 atom stereocenters. The highest BCUT2D eigenvalue weighted by Crippen LogP contribution is 2.51. The summed E-state index contributed by atoms with van der Waals surface area (Å²) in [5.74, 6) is 6.01. The maximum atomic E-state index is 10.7. The summed E-state index contributed by atoms with van der Waals surface area (Å²) in [5, 5.41) is 29.3. The SMILES string of the molecule is O=C(O)CCC=C1C[C@H]2[C@H](C#CC(O)CCc3ccccc3)[C@@H](O)CC[C@@H]12. The lowest BCUT2D eigenvalue weighted by Gasteiger charge is -2.48. The van der Waals surface area contributed by atoms with Gasteiger partial charge in [0.25, 0.3) is 0 Å². The zero-order valence-corrected chi connectivity index (χ0v) is 15.6. The van der Waals surface area contributed by atoms with Gasteiger partial charge in [0.1, 0.15) is 6.10 Å². The molecule has 3 rings (SSSR count). The maximum absolute atomic E-state index is 10.7. The molecule has 0 radical (unpaired) electrons. The van der Waals surface area contributed by atoms with Crippen LogP contribution in [0, 0.1) is 29.6 Å². The van der Waals surface area contributed by atoms with Crippen molar-refractivity contribution in [3.05, 3.63) is 47.5 Å². The monoisotopic (exact) mass is 368 g/mol. The van der Waals surface area contributed by atoms with Crippen LogP contribution in [0.5, 0.6) is 0 Å². The Morgan fingerprint density at radius 1 is 1.26 bits per heavy atom. The molecule has 0 spiro atoms. The zero-order valence-electron chi connectivity index (χ0n) is 15.6. The highest BCUT2D eigenvalue weighted by atomic mass is 16.4. The Morgan fingerprint density at radius 3 is 2.78 bits per heavy atom. The van der Waals surface area contributed by atoms with E-state index in [2.05, 4.69) is 17.9 Å². The van der Waals surface area contributed by atoms with E-state index < -0.39 is 18.2 Å². The number of hydrogen-bond acceptors (Lipinski definition) is 3. The van der Waals surface area contributed by atoms with E-state index in [1.165, 1.54) is 11.1 Å². The number of aryl methyl sites for hydroxylation is 1. The lowest BCUT2D eigenvalue weighted by atomic mass is 9.57. The van der Waals surface area contributed by atoms with E-state index in [-0.39, 0.29) is 12.3 Å². The molecule has 0 aromatic heterocycles. The molecule has 0 saturated heterocycles. The van der Waals surface area contributed by atoms with Crippen molar-refractivity contribution in [2.75, 3.05) is 0 Å². The van der Waals surface area contributed by atoms with Crippen LogP contribution in [0.3, 0.4) is 0 Å². The number of carboxylic acid groups (broad SMARTS) is 1. The predicted octanol–water partition coefficient (Wildman–Crippen LogP) is 3.18. The fraction of sp³-hybridized carbons (Fsp3) is 0.522. The van der Waals surface area contributed by atoms with Crippen LogP contribution in [-0.4, -0.2) is 33.5 Å². The van der Waals surface area contributed by atoms with Gasteiger partial charge in [-0.15, -0.1) is 0 Å². The standard InChI is InChI=1S/C23H28O4/c24-18(10-9-16-5-2-1-3-6-16)11-12-20-21-15-17(7-4-8-23(26)27)19(21)13-14-22(20)25/h1-3,5-7,18-22,24-25H,4,8-10,13-15H2,(H,26,27)/t18?,19-,20-,21+,22-/m0/s1. The molecule has 2 saturated carbocycles. The minimum Gasteiger partial charge on any atom is -0.481 e. The molecule has 0 amide bonds. The molecule has 1 aromatic carbocycles. The average molecular weight is 368 g/mol. The molecule has 4 heteroatoms. The highest BCUT2D eigenvalue weighted by molar-refractivity contribution is 5.66. The van der Waals surface area contributed by atoms with Crippen LogP contribution in [0.2, 0.25) is 0 Å². The molecule has 3 N–H and O–H groups in total. The summed E-state index contributed by atoms with van der Waals surface area (Å²) in [7, 11) is 0. The van der Waals surface area contributed by atoms with Gasteiger partial charge in [-0.1, -0.05) is 53.8 Å². The fourth-order valence-corrected chi connectivity index (χ4v) is 4.30. The first-order valence-electron chi connectivity index (χ1n) is 9.86. The molecular weight excluding hydrogens is 340 g/mol. The zero-order chi connectivity index (χ0) is 19.2. The first-order chi connectivity index (χ1) is 13.0. The fourth-order valence-electron chi connectivity index (χ4n) is 4.30. The topological polar surface area (TPSA) is 77.8 Å². The van der Waals surface area contributed by atoms with Gasteiger partial charge < -0.3 is 15.3 Å². The molecule has 2 fully saturated rings. The van der Waals surface area contributed by atoms with Crippen molar-refractivity contribution in [1.82, 2.24) is 0 Å². The molecule has 0 aliphatic heterocycles. The number of rotatable bonds is 6. The Bertz CT molecular complexity index is 728. The molecule has 27 heavy (non-hydrogen) atoms. The summed E-state index contributed by atoms with van der Waals surface area (Å²) in [5.41, 5.74) is 2.51. The molecule has 0 bridgehead atoms. The van der Waals surface area contributed by atoms with Crippen molar-refractivity contribution < 1.29 is 20.1 Å². The third-order valence-electron chi connectivity index (χ3n) is 5.84. The van der Waals surface area contributed by atoms with E-state index in [1.54, 1.807) is 0 Å². The first-order valence-corrected chi connectivity index (χ1v) is 9.86. The summed E-state index contributed by atoms with van der Waals surface area (Å²) in [6.07, 6.45) is 5.62. The van der Waals surface area contributed by atoms with Crippen molar-refractivity contribution >= 4 is 5.97 Å². The summed E-state index contributed by atoms with van der Waals surface area (Å²) in [6.45, 7) is 0. The Hall–Kier alpha value is -2.09. The lowest BCUT2D eigenvalue weighted by Crippen LogP contribution is -2.44. The van der Waals surface area contributed by atoms with Gasteiger partial charge in [-0.2, -0.15) is 0 Å². The number of aliphatic carboxylic acids is 1. The van der Waals surface area contributed by atoms with E-state index >= 15 is 0 Å². The Morgan fingerprint density at radius 2 is 2.04 bits per heavy atom. The molecule has 1 aromatic rings. The molecule has 2 aliphatic rings. The Kier molecular flexibility index (Phi) is 6.71. The van der Waals surface area contributed by atoms with Crippen molar-refractivity contribution in [3.63, 3.8) is 0 Å². The third-order valence-corrected chi connectivity index (χ3v) is 5.84. The Labute approximate surface area is 160 Å². The molecule has 1 unspecified atom stereocenters. The number of aliphatic hydroxyl groups excluding tert-OH is 2. The van der Waals surface area contributed by atoms with E-state index in [4.69, 9.17) is 5.11 Å². The van der Waals surface area contributed by atoms with Gasteiger partial charge in [-0.05, 0) is 55.9 Å². The average Bonchev–Trinajstić information content (AvgIpc) is 2.64. The van der Waals surface area contributed by atoms with Crippen LogP contribution in [0.15, 0.2) is 42.0 Å². The molecule has 0 heterocycles. The van der Waals surface area contributed by atoms with Crippen molar-refractivity contribution in [1.29, 1.82) is 0 Å². The van der Waals surface area contributed by atoms with E-state index in [0.717, 1.165) is 25.7 Å². The summed E-state index contributed by atoms with van der Waals surface area (Å²) < 4.78 is 0. The van der Waals surface area contributed by atoms with Crippen LogP contribution in [-0.2, 0) is 11.2 Å². The second kappa shape index (κ2) is 9.21. The van der Waals surface area contributed by atoms with Gasteiger partial charge in [0.05, 0.1) is 12.0 Å². The predicted molar refractivity (Wildman–Crippen MR) is 104 cm³/mol. The molecular formula is C23H28O4. The number of carbonyl (C=O) groups is 1. The highest BCUT2D eigenvalue weighted by Gasteiger charge is 2.46. The Balaban J connectivity index is 1.53. The van der Waals surface area contributed by atoms with Crippen molar-refractivity contribution in [2.24, 2.45) is 17.8 Å². The maximum Gasteiger partial charge on any atom is 0.303 e. The van der Waals surface area contributed by atoms with Crippen molar-refractivity contribution in [3.8, 4) is 11.8 Å². The lowest BCUT2D eigenvalue weighted by molar-refractivity contribution is -0.136. The first kappa shape index (κ1) is 19.7. The minimum atomic E-state index is -0.768. The number of aliphatic hydroxyl groups is 2.